The number of hydrogen-bond acceptors (Lipinski definition) is 4. The van der Waals surface area contributed by atoms with Crippen LogP contribution >= 0.6 is 22.9 Å². The first-order valence-electron chi connectivity index (χ1n) is 9.67. The lowest BCUT2D eigenvalue weighted by molar-refractivity contribution is -0.123. The van der Waals surface area contributed by atoms with E-state index in [9.17, 15) is 4.79 Å². The van der Waals surface area contributed by atoms with Crippen molar-refractivity contribution in [2.24, 2.45) is 0 Å². The average molecular weight is 427 g/mol. The number of carbonyl (C=O) groups excluding carboxylic acids is 1. The van der Waals surface area contributed by atoms with Crippen molar-refractivity contribution in [1.29, 1.82) is 0 Å². The van der Waals surface area contributed by atoms with Crippen LogP contribution in [0, 0.1) is 0 Å². The summed E-state index contributed by atoms with van der Waals surface area (Å²) >= 11 is 7.77. The summed E-state index contributed by atoms with van der Waals surface area (Å²) in [6, 6.07) is 18.0. The largest absolute Gasteiger partial charge is 0.482 e. The Kier molecular flexibility index (Phi) is 6.49. The van der Waals surface area contributed by atoms with E-state index in [4.69, 9.17) is 16.3 Å². The van der Waals surface area contributed by atoms with Gasteiger partial charge in [0.1, 0.15) is 5.75 Å². The van der Waals surface area contributed by atoms with Crippen LogP contribution in [0.4, 0.5) is 0 Å². The number of benzene rings is 2. The topological polar surface area (TPSA) is 41.6 Å². The highest BCUT2D eigenvalue weighted by Gasteiger charge is 2.25. The van der Waals surface area contributed by atoms with Gasteiger partial charge in [-0.05, 0) is 52.1 Å². The van der Waals surface area contributed by atoms with Gasteiger partial charge < -0.3 is 10.1 Å². The lowest BCUT2D eigenvalue weighted by atomic mass is 9.97. The van der Waals surface area contributed by atoms with Gasteiger partial charge in [0, 0.05) is 19.6 Å². The maximum absolute atomic E-state index is 12.4. The molecule has 4 nitrogen and oxygen atoms in total. The zero-order valence-electron chi connectivity index (χ0n) is 16.0. The number of hydrogen-bond donors (Lipinski definition) is 1. The third-order valence-electron chi connectivity index (χ3n) is 5.22. The molecule has 0 spiro atoms. The minimum Gasteiger partial charge on any atom is -0.482 e. The number of thiophene rings is 1. The second-order valence-electron chi connectivity index (χ2n) is 7.08. The number of fused-ring (bicyclic) bond motifs is 1. The fraction of sp³-hybridized carbons (Fsp3) is 0.261. The van der Waals surface area contributed by atoms with Crippen molar-refractivity contribution >= 4 is 28.8 Å². The molecule has 2 heterocycles. The number of amides is 1. The summed E-state index contributed by atoms with van der Waals surface area (Å²) in [6.45, 7) is 2.36. The van der Waals surface area contributed by atoms with Crippen molar-refractivity contribution in [1.82, 2.24) is 10.2 Å². The lowest BCUT2D eigenvalue weighted by Gasteiger charge is -2.35. The molecule has 0 saturated carbocycles. The molecule has 1 amide bonds. The Balaban J connectivity index is 1.38. The van der Waals surface area contributed by atoms with E-state index >= 15 is 0 Å². The molecule has 1 unspecified atom stereocenters. The maximum Gasteiger partial charge on any atom is 0.258 e. The Morgan fingerprint density at radius 1 is 1.14 bits per heavy atom. The summed E-state index contributed by atoms with van der Waals surface area (Å²) in [5.41, 5.74) is 4.03. The first kappa shape index (κ1) is 20.0. The highest BCUT2D eigenvalue weighted by molar-refractivity contribution is 7.08. The summed E-state index contributed by atoms with van der Waals surface area (Å²) in [7, 11) is 0. The third-order valence-corrected chi connectivity index (χ3v) is 6.23. The first-order chi connectivity index (χ1) is 14.2. The van der Waals surface area contributed by atoms with Gasteiger partial charge in [0.15, 0.2) is 6.61 Å². The van der Waals surface area contributed by atoms with E-state index in [2.05, 4.69) is 51.3 Å². The summed E-state index contributed by atoms with van der Waals surface area (Å²) in [6.07, 6.45) is 1.03. The number of carbonyl (C=O) groups is 1. The van der Waals surface area contributed by atoms with Gasteiger partial charge in [-0.15, -0.1) is 0 Å². The van der Waals surface area contributed by atoms with Crippen LogP contribution in [-0.4, -0.2) is 30.5 Å². The van der Waals surface area contributed by atoms with Crippen molar-refractivity contribution in [2.75, 3.05) is 19.7 Å². The second-order valence-corrected chi connectivity index (χ2v) is 8.27. The molecule has 4 rings (SSSR count). The van der Waals surface area contributed by atoms with E-state index < -0.39 is 0 Å². The van der Waals surface area contributed by atoms with Crippen molar-refractivity contribution in [3.63, 3.8) is 0 Å². The summed E-state index contributed by atoms with van der Waals surface area (Å²) in [4.78, 5) is 14.8. The van der Waals surface area contributed by atoms with Gasteiger partial charge in [-0.25, -0.2) is 0 Å². The van der Waals surface area contributed by atoms with Crippen molar-refractivity contribution in [3.05, 3.63) is 87.1 Å². The third kappa shape index (κ3) is 4.99. The molecule has 6 heteroatoms. The minimum atomic E-state index is -0.150. The number of para-hydroxylation sites is 1. The predicted octanol–water partition coefficient (Wildman–Crippen LogP) is 4.70. The van der Waals surface area contributed by atoms with E-state index in [0.29, 0.717) is 17.3 Å². The molecule has 0 radical (unpaired) electrons. The Bertz CT molecular complexity index is 961. The number of ether oxygens (including phenoxy) is 1. The van der Waals surface area contributed by atoms with Crippen molar-refractivity contribution in [2.45, 2.75) is 19.0 Å². The van der Waals surface area contributed by atoms with Crippen LogP contribution in [0.25, 0.3) is 0 Å². The molecule has 0 fully saturated rings. The minimum absolute atomic E-state index is 0.0527. The summed E-state index contributed by atoms with van der Waals surface area (Å²) in [5, 5.41) is 7.79. The monoisotopic (exact) mass is 426 g/mol. The first-order valence-corrected chi connectivity index (χ1v) is 11.0. The van der Waals surface area contributed by atoms with Crippen LogP contribution in [-0.2, 0) is 17.8 Å². The molecular formula is C23H23ClN2O2S. The molecule has 2 aromatic carbocycles. The Hall–Kier alpha value is -2.34. The van der Waals surface area contributed by atoms with Gasteiger partial charge in [-0.3, -0.25) is 9.69 Å². The van der Waals surface area contributed by atoms with Gasteiger partial charge in [0.05, 0.1) is 11.1 Å². The molecule has 3 aromatic rings. The molecule has 0 saturated heterocycles. The molecule has 1 aliphatic rings. The molecule has 29 heavy (non-hydrogen) atoms. The molecular weight excluding hydrogens is 404 g/mol. The summed E-state index contributed by atoms with van der Waals surface area (Å²) < 4.78 is 5.56. The molecule has 1 atom stereocenters. The fourth-order valence-electron chi connectivity index (χ4n) is 3.67. The van der Waals surface area contributed by atoms with Gasteiger partial charge >= 0.3 is 0 Å². The number of rotatable bonds is 7. The Morgan fingerprint density at radius 2 is 1.93 bits per heavy atom. The fourth-order valence-corrected chi connectivity index (χ4v) is 4.57. The van der Waals surface area contributed by atoms with E-state index in [1.165, 1.54) is 16.7 Å². The molecule has 1 aliphatic heterocycles. The normalized spacial score (nSPS) is 14.8. The smallest absolute Gasteiger partial charge is 0.258 e. The highest BCUT2D eigenvalue weighted by atomic mass is 35.5. The van der Waals surface area contributed by atoms with Crippen LogP contribution in [0.5, 0.6) is 5.75 Å². The van der Waals surface area contributed by atoms with Crippen LogP contribution in [0.3, 0.4) is 0 Å². The van der Waals surface area contributed by atoms with E-state index in [-0.39, 0.29) is 18.6 Å². The quantitative estimate of drug-likeness (QED) is 0.595. The second kappa shape index (κ2) is 9.44. The van der Waals surface area contributed by atoms with Crippen LogP contribution in [0.2, 0.25) is 5.02 Å². The average Bonchev–Trinajstić information content (AvgIpc) is 3.28. The Morgan fingerprint density at radius 3 is 2.72 bits per heavy atom. The van der Waals surface area contributed by atoms with E-state index in [1.54, 1.807) is 23.5 Å². The molecule has 0 aliphatic carbocycles. The van der Waals surface area contributed by atoms with E-state index in [0.717, 1.165) is 19.5 Å². The lowest BCUT2D eigenvalue weighted by Crippen LogP contribution is -2.41. The molecule has 1 aromatic heterocycles. The zero-order valence-corrected chi connectivity index (χ0v) is 17.6. The zero-order chi connectivity index (χ0) is 20.1. The van der Waals surface area contributed by atoms with Crippen molar-refractivity contribution in [3.8, 4) is 5.75 Å². The van der Waals surface area contributed by atoms with Gasteiger partial charge in [0.2, 0.25) is 0 Å². The van der Waals surface area contributed by atoms with Gasteiger partial charge in [-0.1, -0.05) is 48.0 Å². The molecule has 1 N–H and O–H groups in total. The van der Waals surface area contributed by atoms with Crippen LogP contribution in [0.1, 0.15) is 22.7 Å². The van der Waals surface area contributed by atoms with Crippen molar-refractivity contribution < 1.29 is 9.53 Å². The SMILES string of the molecule is O=C(COc1ccccc1Cl)NCC(c1ccsc1)N1CCc2ccccc2C1. The number of halogens is 1. The maximum atomic E-state index is 12.4. The van der Waals surface area contributed by atoms with Crippen LogP contribution < -0.4 is 10.1 Å². The van der Waals surface area contributed by atoms with E-state index in [1.807, 2.05) is 12.1 Å². The number of nitrogens with one attached hydrogen (secondary N) is 1. The molecule has 0 bridgehead atoms. The predicted molar refractivity (Wildman–Crippen MR) is 118 cm³/mol. The molecule has 150 valence electrons. The van der Waals surface area contributed by atoms with Crippen LogP contribution in [0.15, 0.2) is 65.4 Å². The van der Waals surface area contributed by atoms with Gasteiger partial charge in [-0.2, -0.15) is 11.3 Å². The highest BCUT2D eigenvalue weighted by Crippen LogP contribution is 2.29. The van der Waals surface area contributed by atoms with Gasteiger partial charge in [0.25, 0.3) is 5.91 Å². The number of nitrogens with zero attached hydrogens (tertiary/aromatic N) is 1. The Labute approximate surface area is 180 Å². The summed E-state index contributed by atoms with van der Waals surface area (Å²) in [5.74, 6) is 0.369. The standard InChI is InChI=1S/C23H23ClN2O2S/c24-20-7-3-4-8-22(20)28-15-23(27)25-13-21(19-10-12-29-16-19)26-11-9-17-5-1-2-6-18(17)14-26/h1-8,10,12,16,21H,9,11,13-15H2,(H,25,27).